The van der Waals surface area contributed by atoms with Gasteiger partial charge in [0.25, 0.3) is 0 Å². The topological polar surface area (TPSA) is 75.3 Å². The summed E-state index contributed by atoms with van der Waals surface area (Å²) in [6.45, 7) is 7.36. The summed E-state index contributed by atoms with van der Waals surface area (Å²) in [6, 6.07) is -0.526. The van der Waals surface area contributed by atoms with Crippen molar-refractivity contribution >= 4 is 17.7 Å². The predicted molar refractivity (Wildman–Crippen MR) is 63.3 cm³/mol. The third-order valence-electron chi connectivity index (χ3n) is 3.61. The van der Waals surface area contributed by atoms with E-state index in [0.717, 1.165) is 0 Å². The molecule has 96 valence electrons. The monoisotopic (exact) mass is 240 g/mol. The highest BCUT2D eigenvalue weighted by molar-refractivity contribution is 6.13. The highest BCUT2D eigenvalue weighted by Gasteiger charge is 2.50. The van der Waals surface area contributed by atoms with E-state index in [1.165, 1.54) is 0 Å². The van der Waals surface area contributed by atoms with E-state index in [0.29, 0.717) is 12.8 Å². The largest absolute Gasteiger partial charge is 0.337 e. The SMILES string of the molecule is CCC1(CC)C(=O)NC(=O)NCC(C)(C)C1=O. The average Bonchev–Trinajstić information content (AvgIpc) is 2.28. The lowest BCUT2D eigenvalue weighted by Gasteiger charge is -2.38. The second kappa shape index (κ2) is 4.47. The molecule has 1 saturated heterocycles. The zero-order valence-electron chi connectivity index (χ0n) is 10.8. The second-order valence-electron chi connectivity index (χ2n) is 5.14. The van der Waals surface area contributed by atoms with E-state index in [1.807, 2.05) is 0 Å². The van der Waals surface area contributed by atoms with Crippen LogP contribution in [0.4, 0.5) is 4.79 Å². The minimum atomic E-state index is -1.08. The molecule has 5 nitrogen and oxygen atoms in total. The summed E-state index contributed by atoms with van der Waals surface area (Å²) < 4.78 is 0. The van der Waals surface area contributed by atoms with Crippen molar-refractivity contribution in [2.75, 3.05) is 6.54 Å². The van der Waals surface area contributed by atoms with Gasteiger partial charge in [0.15, 0.2) is 5.78 Å². The van der Waals surface area contributed by atoms with Crippen molar-refractivity contribution in [3.05, 3.63) is 0 Å². The Morgan fingerprint density at radius 3 is 2.12 bits per heavy atom. The van der Waals surface area contributed by atoms with Gasteiger partial charge in [-0.15, -0.1) is 0 Å². The summed E-state index contributed by atoms with van der Waals surface area (Å²) in [5, 5.41) is 4.76. The number of nitrogens with one attached hydrogen (secondary N) is 2. The fourth-order valence-corrected chi connectivity index (χ4v) is 2.29. The first-order valence-corrected chi connectivity index (χ1v) is 5.94. The highest BCUT2D eigenvalue weighted by atomic mass is 16.2. The number of hydrogen-bond donors (Lipinski definition) is 2. The molecule has 1 heterocycles. The molecule has 1 rings (SSSR count). The van der Waals surface area contributed by atoms with Gasteiger partial charge >= 0.3 is 6.03 Å². The molecule has 0 aromatic carbocycles. The molecule has 0 saturated carbocycles. The van der Waals surface area contributed by atoms with Crippen molar-refractivity contribution in [1.82, 2.24) is 10.6 Å². The Morgan fingerprint density at radius 1 is 1.12 bits per heavy atom. The lowest BCUT2D eigenvalue weighted by Crippen LogP contribution is -2.59. The maximum Gasteiger partial charge on any atom is 0.321 e. The Morgan fingerprint density at radius 2 is 1.65 bits per heavy atom. The average molecular weight is 240 g/mol. The minimum Gasteiger partial charge on any atom is -0.337 e. The van der Waals surface area contributed by atoms with Gasteiger partial charge in [0.05, 0.1) is 0 Å². The highest BCUT2D eigenvalue weighted by Crippen LogP contribution is 2.36. The van der Waals surface area contributed by atoms with Gasteiger partial charge in [-0.1, -0.05) is 27.7 Å². The third-order valence-corrected chi connectivity index (χ3v) is 3.61. The lowest BCUT2D eigenvalue weighted by molar-refractivity contribution is -0.148. The van der Waals surface area contributed by atoms with Gasteiger partial charge < -0.3 is 5.32 Å². The van der Waals surface area contributed by atoms with Crippen LogP contribution in [-0.2, 0) is 9.59 Å². The van der Waals surface area contributed by atoms with Gasteiger partial charge in [0.1, 0.15) is 5.41 Å². The van der Waals surface area contributed by atoms with E-state index in [2.05, 4.69) is 10.6 Å². The number of rotatable bonds is 2. The Balaban J connectivity index is 3.25. The van der Waals surface area contributed by atoms with Crippen LogP contribution in [-0.4, -0.2) is 24.3 Å². The third kappa shape index (κ3) is 2.18. The molecule has 17 heavy (non-hydrogen) atoms. The molecular formula is C12H20N2O3. The molecule has 0 aromatic rings. The number of ketones is 1. The van der Waals surface area contributed by atoms with Crippen molar-refractivity contribution in [1.29, 1.82) is 0 Å². The first kappa shape index (κ1) is 13.7. The quantitative estimate of drug-likeness (QED) is 0.713. The van der Waals surface area contributed by atoms with Crippen LogP contribution in [0.5, 0.6) is 0 Å². The van der Waals surface area contributed by atoms with E-state index in [1.54, 1.807) is 27.7 Å². The first-order chi connectivity index (χ1) is 7.80. The summed E-state index contributed by atoms with van der Waals surface area (Å²) in [6.07, 6.45) is 0.815. The molecule has 0 aliphatic carbocycles. The molecule has 3 amide bonds. The maximum absolute atomic E-state index is 12.5. The van der Waals surface area contributed by atoms with Gasteiger partial charge in [-0.05, 0) is 12.8 Å². The van der Waals surface area contributed by atoms with E-state index >= 15 is 0 Å². The number of carbonyl (C=O) groups excluding carboxylic acids is 3. The normalized spacial score (nSPS) is 23.4. The molecule has 1 fully saturated rings. The standard InChI is InChI=1S/C12H20N2O3/c1-5-12(6-2)8(15)11(3,4)7-13-10(17)14-9(12)16/h5-7H2,1-4H3,(H2,13,14,16,17). The zero-order chi connectivity index (χ0) is 13.3. The zero-order valence-corrected chi connectivity index (χ0v) is 10.8. The Hall–Kier alpha value is -1.39. The van der Waals surface area contributed by atoms with Crippen molar-refractivity contribution in [2.24, 2.45) is 10.8 Å². The van der Waals surface area contributed by atoms with E-state index in [9.17, 15) is 14.4 Å². The first-order valence-electron chi connectivity index (χ1n) is 5.94. The minimum absolute atomic E-state index is 0.104. The van der Waals surface area contributed by atoms with Gasteiger partial charge in [0.2, 0.25) is 5.91 Å². The lowest BCUT2D eigenvalue weighted by atomic mass is 9.67. The van der Waals surface area contributed by atoms with Crippen LogP contribution in [0.2, 0.25) is 0 Å². The van der Waals surface area contributed by atoms with Gasteiger partial charge in [-0.25, -0.2) is 4.79 Å². The number of urea groups is 1. The summed E-state index contributed by atoms with van der Waals surface area (Å²) >= 11 is 0. The fraction of sp³-hybridized carbons (Fsp3) is 0.750. The van der Waals surface area contributed by atoms with Crippen molar-refractivity contribution in [3.63, 3.8) is 0 Å². The molecule has 0 bridgehead atoms. The van der Waals surface area contributed by atoms with Crippen LogP contribution in [0, 0.1) is 10.8 Å². The molecule has 0 spiro atoms. The van der Waals surface area contributed by atoms with Gasteiger partial charge in [-0.2, -0.15) is 0 Å². The number of amides is 3. The second-order valence-corrected chi connectivity index (χ2v) is 5.14. The maximum atomic E-state index is 12.5. The molecule has 1 aliphatic heterocycles. The van der Waals surface area contributed by atoms with Gasteiger partial charge in [-0.3, -0.25) is 14.9 Å². The molecule has 0 unspecified atom stereocenters. The summed E-state index contributed by atoms with van der Waals surface area (Å²) in [5.41, 5.74) is -1.80. The Bertz CT molecular complexity index is 357. The van der Waals surface area contributed by atoms with Crippen LogP contribution in [0.3, 0.4) is 0 Å². The number of Topliss-reactive ketones (excluding diaryl/α,β-unsaturated/α-hetero) is 1. The van der Waals surface area contributed by atoms with E-state index < -0.39 is 22.8 Å². The number of imide groups is 1. The summed E-state index contributed by atoms with van der Waals surface area (Å²) in [4.78, 5) is 36.0. The molecule has 5 heteroatoms. The number of carbonyl (C=O) groups is 3. The Labute approximate surface area is 101 Å². The number of hydrogen-bond acceptors (Lipinski definition) is 3. The summed E-state index contributed by atoms with van der Waals surface area (Å²) in [7, 11) is 0. The molecule has 0 aromatic heterocycles. The van der Waals surface area contributed by atoms with Crippen LogP contribution in [0.25, 0.3) is 0 Å². The fourth-order valence-electron chi connectivity index (χ4n) is 2.29. The van der Waals surface area contributed by atoms with Crippen molar-refractivity contribution < 1.29 is 14.4 Å². The van der Waals surface area contributed by atoms with Gasteiger partial charge in [0, 0.05) is 12.0 Å². The van der Waals surface area contributed by atoms with Crippen LogP contribution in [0.1, 0.15) is 40.5 Å². The Kier molecular flexibility index (Phi) is 3.59. The predicted octanol–water partition coefficient (Wildman–Crippen LogP) is 1.23. The van der Waals surface area contributed by atoms with Crippen LogP contribution in [0.15, 0.2) is 0 Å². The molecule has 1 aliphatic rings. The van der Waals surface area contributed by atoms with E-state index in [-0.39, 0.29) is 12.3 Å². The molecule has 2 N–H and O–H groups in total. The van der Waals surface area contributed by atoms with Crippen molar-refractivity contribution in [3.8, 4) is 0 Å². The van der Waals surface area contributed by atoms with Crippen LogP contribution >= 0.6 is 0 Å². The van der Waals surface area contributed by atoms with Crippen molar-refractivity contribution in [2.45, 2.75) is 40.5 Å². The molecule has 0 radical (unpaired) electrons. The molecule has 0 atom stereocenters. The van der Waals surface area contributed by atoms with Crippen LogP contribution < -0.4 is 10.6 Å². The van der Waals surface area contributed by atoms with E-state index in [4.69, 9.17) is 0 Å². The molecular weight excluding hydrogens is 220 g/mol. The summed E-state index contributed by atoms with van der Waals surface area (Å²) in [5.74, 6) is -0.592. The smallest absolute Gasteiger partial charge is 0.321 e.